The molecule has 0 fully saturated rings. The number of rotatable bonds is 8. The topological polar surface area (TPSA) is 40.5 Å². The predicted octanol–water partition coefficient (Wildman–Crippen LogP) is 3.60. The molecule has 20 heavy (non-hydrogen) atoms. The van der Waals surface area contributed by atoms with Gasteiger partial charge in [0.2, 0.25) is 0 Å². The van der Waals surface area contributed by atoms with E-state index in [0.29, 0.717) is 18.7 Å². The Kier molecular flexibility index (Phi) is 7.77. The van der Waals surface area contributed by atoms with Crippen molar-refractivity contribution in [1.29, 1.82) is 0 Å². The highest BCUT2D eigenvalue weighted by molar-refractivity contribution is 9.10. The van der Waals surface area contributed by atoms with Crippen molar-refractivity contribution in [3.8, 4) is 0 Å². The zero-order valence-corrected chi connectivity index (χ0v) is 13.3. The number of carbonyl (C=O) groups excluding carboxylic acids is 1. The maximum absolute atomic E-state index is 13.2. The molecule has 0 heterocycles. The van der Waals surface area contributed by atoms with Crippen LogP contribution in [0, 0.1) is 5.82 Å². The molecule has 0 radical (unpaired) electrons. The van der Waals surface area contributed by atoms with E-state index in [1.54, 1.807) is 4.90 Å². The van der Waals surface area contributed by atoms with Crippen LogP contribution in [0.2, 0.25) is 0 Å². The first-order valence-electron chi connectivity index (χ1n) is 6.95. The summed E-state index contributed by atoms with van der Waals surface area (Å²) >= 11 is 3.08. The van der Waals surface area contributed by atoms with Gasteiger partial charge in [-0.2, -0.15) is 0 Å². The van der Waals surface area contributed by atoms with Crippen LogP contribution in [0.5, 0.6) is 0 Å². The lowest BCUT2D eigenvalue weighted by Crippen LogP contribution is -2.34. The maximum atomic E-state index is 13.2. The minimum atomic E-state index is -0.391. The van der Waals surface area contributed by atoms with Gasteiger partial charge in [0.25, 0.3) is 5.91 Å². The monoisotopic (exact) mass is 345 g/mol. The van der Waals surface area contributed by atoms with Crippen LogP contribution in [0.4, 0.5) is 4.39 Å². The molecule has 112 valence electrons. The number of unbranched alkanes of at least 4 members (excludes halogenated alkanes) is 3. The van der Waals surface area contributed by atoms with Gasteiger partial charge < -0.3 is 10.0 Å². The van der Waals surface area contributed by atoms with Crippen LogP contribution in [-0.2, 0) is 0 Å². The molecule has 5 heteroatoms. The van der Waals surface area contributed by atoms with Crippen LogP contribution in [0.15, 0.2) is 22.7 Å². The molecule has 1 aromatic carbocycles. The Morgan fingerprint density at radius 3 is 2.65 bits per heavy atom. The number of aliphatic hydroxyl groups is 1. The summed E-state index contributed by atoms with van der Waals surface area (Å²) in [5.41, 5.74) is 0.433. The Morgan fingerprint density at radius 2 is 2.05 bits per heavy atom. The molecule has 0 bridgehead atoms. The molecule has 0 saturated carbocycles. The second-order valence-corrected chi connectivity index (χ2v) is 5.56. The summed E-state index contributed by atoms with van der Waals surface area (Å²) in [5.74, 6) is -0.561. The van der Waals surface area contributed by atoms with Crippen molar-refractivity contribution in [3.63, 3.8) is 0 Å². The van der Waals surface area contributed by atoms with E-state index in [1.807, 2.05) is 0 Å². The molecule has 0 saturated heterocycles. The molecule has 1 N–H and O–H groups in total. The van der Waals surface area contributed by atoms with E-state index >= 15 is 0 Å². The standard InChI is InChI=1S/C15H21BrFNO2/c1-2-3-4-5-8-18(9-10-19)15(20)12-6-7-14(17)13(16)11-12/h6-7,11,19H,2-5,8-10H2,1H3. The van der Waals surface area contributed by atoms with Crippen LogP contribution < -0.4 is 0 Å². The van der Waals surface area contributed by atoms with Crippen molar-refractivity contribution in [2.45, 2.75) is 32.6 Å². The van der Waals surface area contributed by atoms with E-state index in [4.69, 9.17) is 5.11 Å². The number of carbonyl (C=O) groups is 1. The Morgan fingerprint density at radius 1 is 1.30 bits per heavy atom. The zero-order valence-electron chi connectivity index (χ0n) is 11.7. The highest BCUT2D eigenvalue weighted by Crippen LogP contribution is 2.18. The fraction of sp³-hybridized carbons (Fsp3) is 0.533. The third kappa shape index (κ3) is 5.21. The maximum Gasteiger partial charge on any atom is 0.253 e. The van der Waals surface area contributed by atoms with E-state index in [1.165, 1.54) is 18.2 Å². The van der Waals surface area contributed by atoms with Crippen molar-refractivity contribution >= 4 is 21.8 Å². The summed E-state index contributed by atoms with van der Waals surface area (Å²) in [7, 11) is 0. The van der Waals surface area contributed by atoms with E-state index in [2.05, 4.69) is 22.9 Å². The Balaban J connectivity index is 2.69. The molecule has 1 amide bonds. The second-order valence-electron chi connectivity index (χ2n) is 4.71. The molecule has 1 rings (SSSR count). The van der Waals surface area contributed by atoms with Crippen molar-refractivity contribution in [2.75, 3.05) is 19.7 Å². The quantitative estimate of drug-likeness (QED) is 0.731. The van der Waals surface area contributed by atoms with Crippen molar-refractivity contribution in [2.24, 2.45) is 0 Å². The molecule has 0 unspecified atom stereocenters. The van der Waals surface area contributed by atoms with Gasteiger partial charge in [-0.25, -0.2) is 4.39 Å². The first-order valence-corrected chi connectivity index (χ1v) is 7.74. The number of hydrogen-bond donors (Lipinski definition) is 1. The fourth-order valence-electron chi connectivity index (χ4n) is 1.98. The van der Waals surface area contributed by atoms with Gasteiger partial charge in [-0.1, -0.05) is 26.2 Å². The normalized spacial score (nSPS) is 10.6. The molecule has 1 aromatic rings. The molecule has 0 aliphatic heterocycles. The van der Waals surface area contributed by atoms with Gasteiger partial charge in [0, 0.05) is 18.7 Å². The smallest absolute Gasteiger partial charge is 0.253 e. The highest BCUT2D eigenvalue weighted by Gasteiger charge is 2.16. The molecule has 0 atom stereocenters. The van der Waals surface area contributed by atoms with Gasteiger partial charge >= 0.3 is 0 Å². The van der Waals surface area contributed by atoms with E-state index < -0.39 is 5.82 Å². The lowest BCUT2D eigenvalue weighted by atomic mass is 10.1. The third-order valence-electron chi connectivity index (χ3n) is 3.11. The van der Waals surface area contributed by atoms with Crippen LogP contribution in [-0.4, -0.2) is 35.6 Å². The van der Waals surface area contributed by atoms with Gasteiger partial charge in [0.05, 0.1) is 11.1 Å². The third-order valence-corrected chi connectivity index (χ3v) is 3.71. The minimum absolute atomic E-state index is 0.0676. The summed E-state index contributed by atoms with van der Waals surface area (Å²) in [5, 5.41) is 9.07. The molecule has 0 aromatic heterocycles. The number of aliphatic hydroxyl groups excluding tert-OH is 1. The largest absolute Gasteiger partial charge is 0.395 e. The van der Waals surface area contributed by atoms with Gasteiger partial charge in [0.15, 0.2) is 0 Å². The van der Waals surface area contributed by atoms with E-state index in [0.717, 1.165) is 25.7 Å². The van der Waals surface area contributed by atoms with Gasteiger partial charge in [0.1, 0.15) is 5.82 Å². The molecule has 0 aliphatic rings. The summed E-state index contributed by atoms with van der Waals surface area (Å²) in [6.45, 7) is 2.99. The molecule has 3 nitrogen and oxygen atoms in total. The van der Waals surface area contributed by atoms with Crippen molar-refractivity contribution < 1.29 is 14.3 Å². The van der Waals surface area contributed by atoms with Crippen molar-refractivity contribution in [3.05, 3.63) is 34.1 Å². The SMILES string of the molecule is CCCCCCN(CCO)C(=O)c1ccc(F)c(Br)c1. The Hall–Kier alpha value is -0.940. The number of amides is 1. The van der Waals surface area contributed by atoms with Crippen LogP contribution in [0.3, 0.4) is 0 Å². The van der Waals surface area contributed by atoms with E-state index in [9.17, 15) is 9.18 Å². The Bertz CT molecular complexity index is 440. The average molecular weight is 346 g/mol. The van der Waals surface area contributed by atoms with E-state index in [-0.39, 0.29) is 17.0 Å². The zero-order chi connectivity index (χ0) is 15.0. The second kappa shape index (κ2) is 9.08. The lowest BCUT2D eigenvalue weighted by molar-refractivity contribution is 0.0718. The van der Waals surface area contributed by atoms with Gasteiger partial charge in [-0.05, 0) is 40.5 Å². The summed E-state index contributed by atoms with van der Waals surface area (Å²) < 4.78 is 13.5. The van der Waals surface area contributed by atoms with Gasteiger partial charge in [-0.15, -0.1) is 0 Å². The molecule has 0 spiro atoms. The summed E-state index contributed by atoms with van der Waals surface area (Å²) in [4.78, 5) is 14.0. The lowest BCUT2D eigenvalue weighted by Gasteiger charge is -2.22. The first-order chi connectivity index (χ1) is 9.60. The van der Waals surface area contributed by atoms with Crippen molar-refractivity contribution in [1.82, 2.24) is 4.90 Å². The minimum Gasteiger partial charge on any atom is -0.395 e. The molecular formula is C15H21BrFNO2. The molecular weight excluding hydrogens is 325 g/mol. The van der Waals surface area contributed by atoms with Crippen LogP contribution in [0.1, 0.15) is 43.0 Å². The average Bonchev–Trinajstić information content (AvgIpc) is 2.44. The number of nitrogens with zero attached hydrogens (tertiary/aromatic N) is 1. The number of halogens is 2. The highest BCUT2D eigenvalue weighted by atomic mass is 79.9. The Labute approximate surface area is 127 Å². The molecule has 0 aliphatic carbocycles. The predicted molar refractivity (Wildman–Crippen MR) is 81.2 cm³/mol. The summed E-state index contributed by atoms with van der Waals surface area (Å²) in [6, 6.07) is 4.22. The first kappa shape index (κ1) is 17.1. The fourth-order valence-corrected chi connectivity index (χ4v) is 2.36. The summed E-state index contributed by atoms with van der Waals surface area (Å²) in [6.07, 6.45) is 4.27. The van der Waals surface area contributed by atoms with Gasteiger partial charge in [-0.3, -0.25) is 4.79 Å². The van der Waals surface area contributed by atoms with Crippen LogP contribution >= 0.6 is 15.9 Å². The number of hydrogen-bond acceptors (Lipinski definition) is 2. The number of benzene rings is 1. The van der Waals surface area contributed by atoms with Crippen LogP contribution in [0.25, 0.3) is 0 Å².